The highest BCUT2D eigenvalue weighted by molar-refractivity contribution is 5.54. The second kappa shape index (κ2) is 3.27. The third-order valence-corrected chi connectivity index (χ3v) is 3.86. The van der Waals surface area contributed by atoms with Crippen LogP contribution in [0.25, 0.3) is 0 Å². The Balaban J connectivity index is 2.53. The number of allylic oxidation sites excluding steroid dienone is 8. The Morgan fingerprint density at radius 2 is 1.50 bits per heavy atom. The van der Waals surface area contributed by atoms with E-state index in [0.717, 1.165) is 0 Å². The maximum atomic E-state index is 2.34. The van der Waals surface area contributed by atoms with Crippen LogP contribution in [0.3, 0.4) is 0 Å². The normalized spacial score (nSPS) is 31.1. The quantitative estimate of drug-likeness (QED) is 0.536. The van der Waals surface area contributed by atoms with E-state index in [1.54, 1.807) is 11.1 Å². The Labute approximate surface area is 86.7 Å². The summed E-state index contributed by atoms with van der Waals surface area (Å²) in [6.07, 6.45) is 8.70. The third kappa shape index (κ3) is 1.21. The molecule has 2 atom stereocenters. The lowest BCUT2D eigenvalue weighted by Crippen LogP contribution is -2.04. The first-order chi connectivity index (χ1) is 6.63. The monoisotopic (exact) mass is 186 g/mol. The van der Waals surface area contributed by atoms with Crippen LogP contribution in [0.15, 0.2) is 46.6 Å². The third-order valence-electron chi connectivity index (χ3n) is 3.86. The summed E-state index contributed by atoms with van der Waals surface area (Å²) in [7, 11) is 0. The molecule has 0 spiro atoms. The van der Waals surface area contributed by atoms with E-state index in [2.05, 4.69) is 52.0 Å². The minimum absolute atomic E-state index is 0.678. The molecular weight excluding hydrogens is 168 g/mol. The summed E-state index contributed by atoms with van der Waals surface area (Å²) >= 11 is 0. The predicted octanol–water partition coefficient (Wildman–Crippen LogP) is 4.03. The van der Waals surface area contributed by atoms with Crippen LogP contribution < -0.4 is 0 Å². The van der Waals surface area contributed by atoms with Crippen molar-refractivity contribution in [1.29, 1.82) is 0 Å². The first-order valence-corrected chi connectivity index (χ1v) is 5.39. The highest BCUT2D eigenvalue weighted by atomic mass is 14.3. The fraction of sp³-hybridized carbons (Fsp3) is 0.429. The van der Waals surface area contributed by atoms with E-state index < -0.39 is 0 Å². The minimum Gasteiger partial charge on any atom is -0.0667 e. The van der Waals surface area contributed by atoms with Crippen molar-refractivity contribution in [3.8, 4) is 0 Å². The summed E-state index contributed by atoms with van der Waals surface area (Å²) in [6, 6.07) is 0. The van der Waals surface area contributed by atoms with Crippen molar-refractivity contribution in [3.63, 3.8) is 0 Å². The van der Waals surface area contributed by atoms with Crippen LogP contribution in [0.2, 0.25) is 0 Å². The molecule has 2 rings (SSSR count). The van der Waals surface area contributed by atoms with Crippen molar-refractivity contribution in [3.05, 3.63) is 46.6 Å². The SMILES string of the molecule is CC1=C(C)[C@H](C)[C@@H](C)C1=C1C=CC=C1. The molecule has 74 valence electrons. The van der Waals surface area contributed by atoms with Gasteiger partial charge in [-0.3, -0.25) is 0 Å². The van der Waals surface area contributed by atoms with Crippen LogP contribution in [0.4, 0.5) is 0 Å². The Hall–Kier alpha value is -1.04. The average Bonchev–Trinajstić information content (AvgIpc) is 2.73. The van der Waals surface area contributed by atoms with Crippen LogP contribution in [-0.4, -0.2) is 0 Å². The van der Waals surface area contributed by atoms with Gasteiger partial charge in [0.25, 0.3) is 0 Å². The Bertz CT molecular complexity index is 361. The number of hydrogen-bond donors (Lipinski definition) is 0. The number of rotatable bonds is 0. The van der Waals surface area contributed by atoms with E-state index in [9.17, 15) is 0 Å². The second-order valence-corrected chi connectivity index (χ2v) is 4.47. The van der Waals surface area contributed by atoms with E-state index in [-0.39, 0.29) is 0 Å². The van der Waals surface area contributed by atoms with Gasteiger partial charge < -0.3 is 0 Å². The van der Waals surface area contributed by atoms with Gasteiger partial charge in [-0.05, 0) is 42.4 Å². The van der Waals surface area contributed by atoms with Crippen LogP contribution >= 0.6 is 0 Å². The molecule has 0 nitrogen and oxygen atoms in total. The molecule has 0 aromatic heterocycles. The van der Waals surface area contributed by atoms with Gasteiger partial charge in [-0.25, -0.2) is 0 Å². The lowest BCUT2D eigenvalue weighted by Gasteiger charge is -2.14. The lowest BCUT2D eigenvalue weighted by molar-refractivity contribution is 0.539. The highest BCUT2D eigenvalue weighted by Crippen LogP contribution is 2.43. The zero-order valence-corrected chi connectivity index (χ0v) is 9.46. The molecule has 0 aliphatic heterocycles. The van der Waals surface area contributed by atoms with Crippen molar-refractivity contribution >= 4 is 0 Å². The van der Waals surface area contributed by atoms with E-state index in [4.69, 9.17) is 0 Å². The summed E-state index contributed by atoms with van der Waals surface area (Å²) in [5, 5.41) is 0. The van der Waals surface area contributed by atoms with Gasteiger partial charge in [0.1, 0.15) is 0 Å². The van der Waals surface area contributed by atoms with Gasteiger partial charge in [-0.15, -0.1) is 0 Å². The maximum absolute atomic E-state index is 2.34. The molecule has 0 heterocycles. The fourth-order valence-corrected chi connectivity index (χ4v) is 2.55. The van der Waals surface area contributed by atoms with E-state index in [0.29, 0.717) is 11.8 Å². The molecule has 0 unspecified atom stereocenters. The summed E-state index contributed by atoms with van der Waals surface area (Å²) < 4.78 is 0. The average molecular weight is 186 g/mol. The second-order valence-electron chi connectivity index (χ2n) is 4.47. The molecule has 0 heteroatoms. The Kier molecular flexibility index (Phi) is 2.22. The zero-order valence-electron chi connectivity index (χ0n) is 9.46. The summed E-state index contributed by atoms with van der Waals surface area (Å²) in [5.74, 6) is 1.39. The summed E-state index contributed by atoms with van der Waals surface area (Å²) in [6.45, 7) is 9.20. The van der Waals surface area contributed by atoms with Crippen molar-refractivity contribution in [2.75, 3.05) is 0 Å². The molecule has 0 fully saturated rings. The van der Waals surface area contributed by atoms with Gasteiger partial charge in [-0.2, -0.15) is 0 Å². The van der Waals surface area contributed by atoms with E-state index in [1.165, 1.54) is 11.1 Å². The zero-order chi connectivity index (χ0) is 10.3. The fourth-order valence-electron chi connectivity index (χ4n) is 2.55. The Morgan fingerprint density at radius 1 is 0.929 bits per heavy atom. The minimum atomic E-state index is 0.678. The van der Waals surface area contributed by atoms with Crippen molar-refractivity contribution in [1.82, 2.24) is 0 Å². The molecule has 0 bridgehead atoms. The van der Waals surface area contributed by atoms with Gasteiger partial charge in [-0.1, -0.05) is 43.7 Å². The highest BCUT2D eigenvalue weighted by Gasteiger charge is 2.29. The van der Waals surface area contributed by atoms with E-state index in [1.807, 2.05) is 0 Å². The molecular formula is C14H18. The first kappa shape index (κ1) is 9.51. The van der Waals surface area contributed by atoms with E-state index >= 15 is 0 Å². The molecule has 0 aromatic rings. The predicted molar refractivity (Wildman–Crippen MR) is 62.0 cm³/mol. The van der Waals surface area contributed by atoms with Gasteiger partial charge in [0.2, 0.25) is 0 Å². The van der Waals surface area contributed by atoms with Crippen molar-refractivity contribution in [2.24, 2.45) is 11.8 Å². The molecule has 0 aromatic carbocycles. The summed E-state index contributed by atoms with van der Waals surface area (Å²) in [4.78, 5) is 0. The standard InChI is InChI=1S/C14H18/c1-9-10(2)12(4)14(11(9)3)13-7-5-6-8-13/h5-9,11H,1-4H3/t9-,11+/m0/s1. The van der Waals surface area contributed by atoms with Crippen molar-refractivity contribution < 1.29 is 0 Å². The molecule has 0 N–H and O–H groups in total. The largest absolute Gasteiger partial charge is 0.0667 e. The molecule has 14 heavy (non-hydrogen) atoms. The van der Waals surface area contributed by atoms with Crippen LogP contribution in [0.1, 0.15) is 27.7 Å². The lowest BCUT2D eigenvalue weighted by atomic mass is 9.90. The van der Waals surface area contributed by atoms with Gasteiger partial charge in [0.05, 0.1) is 0 Å². The number of hydrogen-bond acceptors (Lipinski definition) is 0. The molecule has 2 aliphatic rings. The van der Waals surface area contributed by atoms with Crippen LogP contribution in [0.5, 0.6) is 0 Å². The van der Waals surface area contributed by atoms with Gasteiger partial charge in [0, 0.05) is 0 Å². The maximum Gasteiger partial charge on any atom is -0.0119 e. The molecule has 0 radical (unpaired) electrons. The smallest absolute Gasteiger partial charge is 0.0119 e. The Morgan fingerprint density at radius 3 is 1.93 bits per heavy atom. The summed E-state index contributed by atoms with van der Waals surface area (Å²) in [5.41, 5.74) is 6.05. The topological polar surface area (TPSA) is 0 Å². The molecule has 0 saturated carbocycles. The van der Waals surface area contributed by atoms with Crippen molar-refractivity contribution in [2.45, 2.75) is 27.7 Å². The molecule has 0 saturated heterocycles. The molecule has 2 aliphatic carbocycles. The van der Waals surface area contributed by atoms with Gasteiger partial charge in [0.15, 0.2) is 0 Å². The first-order valence-electron chi connectivity index (χ1n) is 5.39. The van der Waals surface area contributed by atoms with Crippen LogP contribution in [-0.2, 0) is 0 Å². The molecule has 0 amide bonds. The van der Waals surface area contributed by atoms with Gasteiger partial charge >= 0.3 is 0 Å². The van der Waals surface area contributed by atoms with Crippen LogP contribution in [0, 0.1) is 11.8 Å².